The van der Waals surface area contributed by atoms with Crippen LogP contribution in [0.2, 0.25) is 0 Å². The number of aromatic nitrogens is 2. The van der Waals surface area contributed by atoms with E-state index in [1.165, 1.54) is 0 Å². The summed E-state index contributed by atoms with van der Waals surface area (Å²) in [6.07, 6.45) is 0. The first-order chi connectivity index (χ1) is 9.65. The van der Waals surface area contributed by atoms with Crippen LogP contribution in [-0.4, -0.2) is 27.8 Å². The number of nitrogens with zero attached hydrogens (tertiary/aromatic N) is 2. The number of carbonyl (C=O) groups is 1. The molecule has 0 radical (unpaired) electrons. The van der Waals surface area contributed by atoms with Gasteiger partial charge in [0.15, 0.2) is 0 Å². The molecule has 1 aromatic carbocycles. The Hall–Kier alpha value is -2.14. The van der Waals surface area contributed by atoms with Gasteiger partial charge >= 0.3 is 0 Å². The van der Waals surface area contributed by atoms with Gasteiger partial charge in [0.25, 0.3) is 5.91 Å². The maximum atomic E-state index is 12.4. The number of hydrogen-bond acceptors (Lipinski definition) is 3. The molecule has 0 saturated heterocycles. The molecule has 0 aliphatic rings. The number of fused-ring (bicyclic) bond motifs is 1. The third-order valence-corrected chi connectivity index (χ3v) is 4.25. The zero-order valence-corrected chi connectivity index (χ0v) is 12.2. The Kier molecular flexibility index (Phi) is 3.28. The van der Waals surface area contributed by atoms with Crippen molar-refractivity contribution >= 4 is 28.1 Å². The van der Waals surface area contributed by atoms with Crippen molar-refractivity contribution in [3.63, 3.8) is 0 Å². The van der Waals surface area contributed by atoms with Gasteiger partial charge in [0.1, 0.15) is 5.69 Å². The Labute approximate surface area is 121 Å². The minimum Gasteiger partial charge on any atom is -0.351 e. The monoisotopic (exact) mass is 285 g/mol. The fraction of sp³-hybridized carbons (Fsp3) is 0.200. The second-order valence-corrected chi connectivity index (χ2v) is 5.73. The highest BCUT2D eigenvalue weighted by Gasteiger charge is 2.16. The predicted octanol–water partition coefficient (Wildman–Crippen LogP) is 3.21. The second kappa shape index (κ2) is 5.09. The van der Waals surface area contributed by atoms with Crippen LogP contribution in [0.1, 0.15) is 21.1 Å². The molecule has 3 aromatic rings. The quantitative estimate of drug-likeness (QED) is 0.803. The van der Waals surface area contributed by atoms with E-state index in [1.54, 1.807) is 16.2 Å². The fourth-order valence-electron chi connectivity index (χ4n) is 2.16. The third-order valence-electron chi connectivity index (χ3n) is 3.33. The number of benzene rings is 1. The Balaban J connectivity index is 1.82. The highest BCUT2D eigenvalue weighted by molar-refractivity contribution is 7.09. The van der Waals surface area contributed by atoms with Gasteiger partial charge in [0.2, 0.25) is 0 Å². The van der Waals surface area contributed by atoms with Crippen LogP contribution in [0.15, 0.2) is 35.8 Å². The first kappa shape index (κ1) is 12.9. The summed E-state index contributed by atoms with van der Waals surface area (Å²) in [6, 6.07) is 9.79. The van der Waals surface area contributed by atoms with Crippen molar-refractivity contribution in [2.75, 3.05) is 7.05 Å². The summed E-state index contributed by atoms with van der Waals surface area (Å²) in [5.74, 6) is -0.00556. The zero-order chi connectivity index (χ0) is 14.1. The maximum Gasteiger partial charge on any atom is 0.270 e. The number of para-hydroxylation sites is 1. The van der Waals surface area contributed by atoms with E-state index in [-0.39, 0.29) is 5.91 Å². The molecule has 0 unspecified atom stereocenters. The number of carbonyl (C=O) groups excluding carboxylic acids is 1. The van der Waals surface area contributed by atoms with Gasteiger partial charge in [-0.1, -0.05) is 18.2 Å². The van der Waals surface area contributed by atoms with Gasteiger partial charge in [-0.3, -0.25) is 4.79 Å². The van der Waals surface area contributed by atoms with Crippen molar-refractivity contribution in [3.8, 4) is 0 Å². The number of thiazole rings is 1. The van der Waals surface area contributed by atoms with E-state index >= 15 is 0 Å². The van der Waals surface area contributed by atoms with Gasteiger partial charge in [-0.25, -0.2) is 4.98 Å². The average molecular weight is 285 g/mol. The summed E-state index contributed by atoms with van der Waals surface area (Å²) in [5.41, 5.74) is 4.41. The number of nitrogens with one attached hydrogen (secondary N) is 1. The topological polar surface area (TPSA) is 49.0 Å². The van der Waals surface area contributed by atoms with Gasteiger partial charge < -0.3 is 9.88 Å². The van der Waals surface area contributed by atoms with E-state index in [1.807, 2.05) is 49.8 Å². The van der Waals surface area contributed by atoms with Crippen molar-refractivity contribution in [2.45, 2.75) is 13.5 Å². The molecule has 102 valence electrons. The minimum atomic E-state index is -0.00556. The maximum absolute atomic E-state index is 12.4. The molecule has 1 N–H and O–H groups in total. The standard InChI is InChI=1S/C15H15N3OS/c1-10-14(20-9-16-10)8-18(2)15(19)13-7-11-5-3-4-6-12(11)17-13/h3-7,9,17H,8H2,1-2H3. The van der Waals surface area contributed by atoms with Crippen molar-refractivity contribution in [2.24, 2.45) is 0 Å². The van der Waals surface area contributed by atoms with Crippen molar-refractivity contribution in [1.29, 1.82) is 0 Å². The van der Waals surface area contributed by atoms with E-state index in [4.69, 9.17) is 0 Å². The lowest BCUT2D eigenvalue weighted by atomic mass is 10.2. The first-order valence-corrected chi connectivity index (χ1v) is 7.25. The van der Waals surface area contributed by atoms with Crippen LogP contribution in [0.25, 0.3) is 10.9 Å². The molecular weight excluding hydrogens is 270 g/mol. The molecule has 5 heteroatoms. The van der Waals surface area contributed by atoms with Crippen LogP contribution in [0.5, 0.6) is 0 Å². The van der Waals surface area contributed by atoms with Crippen LogP contribution in [-0.2, 0) is 6.54 Å². The Morgan fingerprint density at radius 3 is 2.90 bits per heavy atom. The zero-order valence-electron chi connectivity index (χ0n) is 11.4. The van der Waals surface area contributed by atoms with Gasteiger partial charge in [-0.05, 0) is 19.1 Å². The summed E-state index contributed by atoms with van der Waals surface area (Å²) in [5, 5.41) is 1.05. The van der Waals surface area contributed by atoms with E-state index in [9.17, 15) is 4.79 Å². The van der Waals surface area contributed by atoms with Gasteiger partial charge in [-0.2, -0.15) is 0 Å². The number of H-pyrrole nitrogens is 1. The number of amides is 1. The molecule has 0 bridgehead atoms. The van der Waals surface area contributed by atoms with E-state index < -0.39 is 0 Å². The van der Waals surface area contributed by atoms with E-state index in [2.05, 4.69) is 9.97 Å². The number of aromatic amines is 1. The molecule has 3 rings (SSSR count). The van der Waals surface area contributed by atoms with Gasteiger partial charge in [0.05, 0.1) is 17.7 Å². The minimum absolute atomic E-state index is 0.00556. The summed E-state index contributed by atoms with van der Waals surface area (Å²) in [4.78, 5) is 22.6. The summed E-state index contributed by atoms with van der Waals surface area (Å²) >= 11 is 1.58. The summed E-state index contributed by atoms with van der Waals surface area (Å²) in [7, 11) is 1.81. The highest BCUT2D eigenvalue weighted by atomic mass is 32.1. The molecule has 2 heterocycles. The van der Waals surface area contributed by atoms with Crippen LogP contribution in [0.3, 0.4) is 0 Å². The van der Waals surface area contributed by atoms with Crippen molar-refractivity contribution in [3.05, 3.63) is 52.1 Å². The normalized spacial score (nSPS) is 10.9. The number of aryl methyl sites for hydroxylation is 1. The first-order valence-electron chi connectivity index (χ1n) is 6.37. The van der Waals surface area contributed by atoms with Crippen molar-refractivity contribution < 1.29 is 4.79 Å². The number of rotatable bonds is 3. The molecule has 0 spiro atoms. The molecule has 0 aliphatic carbocycles. The average Bonchev–Trinajstić information content (AvgIpc) is 3.04. The lowest BCUT2D eigenvalue weighted by molar-refractivity contribution is 0.0781. The highest BCUT2D eigenvalue weighted by Crippen LogP contribution is 2.18. The molecule has 4 nitrogen and oxygen atoms in total. The molecule has 1 amide bonds. The summed E-state index contributed by atoms with van der Waals surface area (Å²) in [6.45, 7) is 2.55. The Morgan fingerprint density at radius 2 is 2.20 bits per heavy atom. The Bertz CT molecular complexity index is 726. The SMILES string of the molecule is Cc1ncsc1CN(C)C(=O)c1cc2ccccc2[nH]1. The second-order valence-electron chi connectivity index (χ2n) is 4.79. The van der Waals surface area contributed by atoms with Crippen LogP contribution >= 0.6 is 11.3 Å². The molecule has 0 atom stereocenters. The van der Waals surface area contributed by atoms with E-state index in [0.717, 1.165) is 21.5 Å². The summed E-state index contributed by atoms with van der Waals surface area (Å²) < 4.78 is 0. The lowest BCUT2D eigenvalue weighted by Crippen LogP contribution is -2.26. The van der Waals surface area contributed by atoms with Crippen molar-refractivity contribution in [1.82, 2.24) is 14.9 Å². The number of hydrogen-bond donors (Lipinski definition) is 1. The molecule has 20 heavy (non-hydrogen) atoms. The predicted molar refractivity (Wildman–Crippen MR) is 80.9 cm³/mol. The van der Waals surface area contributed by atoms with Crippen LogP contribution < -0.4 is 0 Å². The smallest absolute Gasteiger partial charge is 0.270 e. The van der Waals surface area contributed by atoms with Gasteiger partial charge in [-0.15, -0.1) is 11.3 Å². The van der Waals surface area contributed by atoms with E-state index in [0.29, 0.717) is 12.2 Å². The molecular formula is C15H15N3OS. The van der Waals surface area contributed by atoms with Crippen LogP contribution in [0, 0.1) is 6.92 Å². The molecule has 0 aliphatic heterocycles. The lowest BCUT2D eigenvalue weighted by Gasteiger charge is -2.15. The molecule has 0 saturated carbocycles. The van der Waals surface area contributed by atoms with Crippen LogP contribution in [0.4, 0.5) is 0 Å². The molecule has 2 aromatic heterocycles. The largest absolute Gasteiger partial charge is 0.351 e. The Morgan fingerprint density at radius 1 is 1.40 bits per heavy atom. The third kappa shape index (κ3) is 2.32. The van der Waals surface area contributed by atoms with Gasteiger partial charge in [0, 0.05) is 22.8 Å². The molecule has 0 fully saturated rings. The fourth-order valence-corrected chi connectivity index (χ4v) is 2.99.